The van der Waals surface area contributed by atoms with E-state index in [1.54, 1.807) is 22.9 Å². The molecule has 6 N–H and O–H groups in total. The molecule has 326 valence electrons. The number of benzene rings is 3. The molecule has 0 radical (unpaired) electrons. The number of phenols is 1. The van der Waals surface area contributed by atoms with Gasteiger partial charge in [0.2, 0.25) is 6.29 Å². The van der Waals surface area contributed by atoms with E-state index in [1.807, 2.05) is 12.4 Å². The van der Waals surface area contributed by atoms with Crippen molar-refractivity contribution in [3.8, 4) is 34.5 Å². The maximum atomic E-state index is 13.5. The standard InChI is InChI=1S/C49H48N2O10S2/c52-34-16-14-32(15-17-34)40-25-58-42-22-35(18-19-38(42)43(40)53)60-48-49(57)27-51-24-39(30-7-3-1-2-6-29-10-12-31(13-11-30)37-9-5-4-8-36(29)37)41(33-20-21-50-23-33)26-62-63-28-59-46(49)44(54)45(61-48)47(55)56/h4-5,8-10,12-23,25,29-30,39,41,44-46,48,50-52,54,57H,2,6-7,11,24,26-28H2,(H,55,56)/b31-13-/t29-,30-,39+,41+,44-,45+,46+,48-,49-/m1/s1. The monoisotopic (exact) mass is 888 g/mol. The van der Waals surface area contributed by atoms with Gasteiger partial charge in [-0.3, -0.25) is 4.79 Å². The molecular formula is C49H48N2O10S2. The number of phenolic OH excluding ortho intramolecular Hbond substituents is 1. The van der Waals surface area contributed by atoms with E-state index in [4.69, 9.17) is 18.6 Å². The van der Waals surface area contributed by atoms with Gasteiger partial charge in [0.15, 0.2) is 17.1 Å². The number of hydrogen-bond acceptors (Lipinski definition) is 12. The van der Waals surface area contributed by atoms with Crippen molar-refractivity contribution in [1.82, 2.24) is 10.3 Å². The Balaban J connectivity index is 1.04. The summed E-state index contributed by atoms with van der Waals surface area (Å²) in [4.78, 5) is 29.3. The van der Waals surface area contributed by atoms with E-state index in [0.717, 1.165) is 30.6 Å². The summed E-state index contributed by atoms with van der Waals surface area (Å²) in [6.07, 6.45) is 8.70. The Labute approximate surface area is 372 Å². The van der Waals surface area contributed by atoms with Crippen LogP contribution in [0, 0.1) is 23.7 Å². The lowest BCUT2D eigenvalue weighted by atomic mass is 9.75. The molecule has 0 spiro atoms. The van der Waals surface area contributed by atoms with Crippen LogP contribution in [0.5, 0.6) is 11.5 Å². The Kier molecular flexibility index (Phi) is 12.9. The van der Waals surface area contributed by atoms with Crippen molar-refractivity contribution in [3.05, 3.63) is 137 Å². The summed E-state index contributed by atoms with van der Waals surface area (Å²) in [5.41, 5.74) is 3.53. The predicted molar refractivity (Wildman–Crippen MR) is 243 cm³/mol. The highest BCUT2D eigenvalue weighted by molar-refractivity contribution is 8.76. The summed E-state index contributed by atoms with van der Waals surface area (Å²) in [6.45, 7) is 0.228. The Morgan fingerprint density at radius 2 is 1.87 bits per heavy atom. The van der Waals surface area contributed by atoms with E-state index in [1.165, 1.54) is 64.1 Å². The van der Waals surface area contributed by atoms with Crippen molar-refractivity contribution < 1.29 is 43.8 Å². The first-order valence-electron chi connectivity index (χ1n) is 21.1. The molecule has 2 bridgehead atoms. The third-order valence-corrected chi connectivity index (χ3v) is 14.8. The normalized spacial score (nSPS) is 29.8. The van der Waals surface area contributed by atoms with Crippen LogP contribution in [0.1, 0.15) is 54.2 Å². The summed E-state index contributed by atoms with van der Waals surface area (Å²) in [5, 5.41) is 48.0. The zero-order valence-corrected chi connectivity index (χ0v) is 35.9. The quantitative estimate of drug-likeness (QED) is 0.0732. The number of nitrogens with one attached hydrogen (secondary N) is 2. The third kappa shape index (κ3) is 8.97. The number of aromatic hydroxyl groups is 1. The van der Waals surface area contributed by atoms with Crippen molar-refractivity contribution in [2.45, 2.75) is 67.7 Å². The van der Waals surface area contributed by atoms with Gasteiger partial charge in [0.1, 0.15) is 41.5 Å². The van der Waals surface area contributed by atoms with E-state index in [9.17, 15) is 30.0 Å². The highest BCUT2D eigenvalue weighted by Gasteiger charge is 2.59. The highest BCUT2D eigenvalue weighted by Crippen LogP contribution is 2.43. The number of hydrogen-bond donors (Lipinski definition) is 6. The molecule has 14 heteroatoms. The number of aromatic nitrogens is 1. The summed E-state index contributed by atoms with van der Waals surface area (Å²) >= 11 is 0. The van der Waals surface area contributed by atoms with E-state index in [-0.39, 0.29) is 58.1 Å². The smallest absolute Gasteiger partial charge is 0.335 e. The second-order valence-corrected chi connectivity index (χ2v) is 18.9. The Morgan fingerprint density at radius 3 is 2.70 bits per heavy atom. The van der Waals surface area contributed by atoms with Crippen LogP contribution < -0.4 is 15.5 Å². The maximum absolute atomic E-state index is 13.5. The lowest BCUT2D eigenvalue weighted by Gasteiger charge is -2.48. The molecule has 12 nitrogen and oxygen atoms in total. The Bertz CT molecular complexity index is 2620. The van der Waals surface area contributed by atoms with Crippen LogP contribution in [0.25, 0.3) is 27.7 Å². The van der Waals surface area contributed by atoms with Gasteiger partial charge in [-0.15, -0.1) is 11.8 Å². The lowest BCUT2D eigenvalue weighted by Crippen LogP contribution is -2.72. The molecule has 0 amide bonds. The van der Waals surface area contributed by atoms with Gasteiger partial charge in [-0.2, -0.15) is 0 Å². The van der Waals surface area contributed by atoms with Crippen molar-refractivity contribution in [1.29, 1.82) is 0 Å². The molecule has 5 aliphatic rings. The number of aliphatic hydroxyl groups excluding tert-OH is 1. The van der Waals surface area contributed by atoms with Crippen molar-refractivity contribution in [3.63, 3.8) is 0 Å². The minimum Gasteiger partial charge on any atom is -0.508 e. The van der Waals surface area contributed by atoms with Crippen LogP contribution in [0.2, 0.25) is 0 Å². The molecule has 9 atom stereocenters. The van der Waals surface area contributed by atoms with Gasteiger partial charge >= 0.3 is 5.97 Å². The van der Waals surface area contributed by atoms with Gasteiger partial charge in [-0.1, -0.05) is 76.2 Å². The van der Waals surface area contributed by atoms with Gasteiger partial charge in [0.05, 0.1) is 10.9 Å². The number of allylic oxidation sites excluding steroid dienone is 4. The van der Waals surface area contributed by atoms with Gasteiger partial charge in [-0.05, 0) is 95.3 Å². The van der Waals surface area contributed by atoms with E-state index in [0.29, 0.717) is 30.0 Å². The zero-order valence-electron chi connectivity index (χ0n) is 34.2. The molecule has 2 aromatic heterocycles. The molecule has 0 saturated carbocycles. The molecule has 2 saturated heterocycles. The van der Waals surface area contributed by atoms with Crippen LogP contribution in [0.3, 0.4) is 0 Å². The number of aliphatic hydroxyl groups is 2. The fourth-order valence-corrected chi connectivity index (χ4v) is 11.4. The van der Waals surface area contributed by atoms with Crippen LogP contribution in [0.4, 0.5) is 0 Å². The number of aromatic amines is 1. The molecular weight excluding hydrogens is 841 g/mol. The number of H-pyrrole nitrogens is 1. The molecule has 2 fully saturated rings. The fraction of sp³-hybridized carbons (Fsp3) is 0.347. The number of carboxylic acid groups (broad SMARTS) is 1. The average molecular weight is 889 g/mol. The summed E-state index contributed by atoms with van der Waals surface area (Å²) < 4.78 is 24.3. The van der Waals surface area contributed by atoms with Gasteiger partial charge in [-0.25, -0.2) is 4.79 Å². The van der Waals surface area contributed by atoms with E-state index < -0.39 is 36.2 Å². The number of rotatable bonds is 6. The first kappa shape index (κ1) is 43.0. The number of carboxylic acids is 1. The predicted octanol–water partition coefficient (Wildman–Crippen LogP) is 7.43. The second kappa shape index (κ2) is 18.8. The Hall–Kier alpha value is -5.24. The molecule has 5 aromatic rings. The molecule has 2 aliphatic heterocycles. The van der Waals surface area contributed by atoms with Crippen LogP contribution >= 0.6 is 21.6 Å². The zero-order chi connectivity index (χ0) is 43.5. The summed E-state index contributed by atoms with van der Waals surface area (Å²) in [7, 11) is 3.04. The van der Waals surface area contributed by atoms with Crippen molar-refractivity contribution in [2.75, 3.05) is 24.8 Å². The van der Waals surface area contributed by atoms with Crippen LogP contribution in [-0.2, 0) is 14.3 Å². The minimum absolute atomic E-state index is 0.0105. The lowest BCUT2D eigenvalue weighted by molar-refractivity contribution is -0.316. The number of aliphatic carboxylic acids is 1. The molecule has 0 unspecified atom stereocenters. The molecule has 3 aliphatic carbocycles. The number of ether oxygens (including phenoxy) is 3. The van der Waals surface area contributed by atoms with E-state index in [2.05, 4.69) is 70.7 Å². The molecule has 3 aromatic carbocycles. The first-order chi connectivity index (χ1) is 30.7. The Morgan fingerprint density at radius 1 is 1.02 bits per heavy atom. The fourth-order valence-electron chi connectivity index (χ4n) is 9.33. The number of β-amino-alcohol motifs (C(OH)–C–C–N with tert-alkyl or cyclic N) is 1. The number of fused-ring (bicyclic) bond motifs is 8. The van der Waals surface area contributed by atoms with E-state index >= 15 is 0 Å². The molecule has 4 heterocycles. The third-order valence-electron chi connectivity index (χ3n) is 12.7. The van der Waals surface area contributed by atoms with Gasteiger partial charge in [0, 0.05) is 49.5 Å². The topological polar surface area (TPSA) is 184 Å². The molecule has 63 heavy (non-hydrogen) atoms. The maximum Gasteiger partial charge on any atom is 0.335 e. The summed E-state index contributed by atoms with van der Waals surface area (Å²) in [5.74, 6) is 7.02. The van der Waals surface area contributed by atoms with Crippen LogP contribution in [-0.4, -0.2) is 86.4 Å². The average Bonchev–Trinajstić information content (AvgIpc) is 3.82. The second-order valence-electron chi connectivity index (χ2n) is 16.5. The first-order valence-corrected chi connectivity index (χ1v) is 23.6. The SMILES string of the molecule is O=C(O)[C@H]1O[C@@H](Oc2ccc3c(=O)c(-c4ccc(O)cc4)coc3c2)[C@@]2(O)CNC[C@@H]([C@@H]3CC#CCC[C@@H]4C=C/C(=C/C3)c3ccccc34)[C@H](c3cc[nH]c3)CSSCO[C@H]2[C@@H]1O. The largest absolute Gasteiger partial charge is 0.508 e. The molecule has 10 rings (SSSR count). The number of carbonyl (C=O) groups is 1. The van der Waals surface area contributed by atoms with Gasteiger partial charge < -0.3 is 49.4 Å². The summed E-state index contributed by atoms with van der Waals surface area (Å²) in [6, 6.07) is 21.4. The minimum atomic E-state index is -2.12. The van der Waals surface area contributed by atoms with Gasteiger partial charge in [0.25, 0.3) is 0 Å². The van der Waals surface area contributed by atoms with Crippen molar-refractivity contribution in [2.24, 2.45) is 11.8 Å². The van der Waals surface area contributed by atoms with Crippen molar-refractivity contribution >= 4 is 44.1 Å². The highest BCUT2D eigenvalue weighted by atomic mass is 33.1. The van der Waals surface area contributed by atoms with Crippen LogP contribution in [0.15, 0.2) is 119 Å².